The second-order valence-corrected chi connectivity index (χ2v) is 5.13. The molecule has 0 N–H and O–H groups in total. The van der Waals surface area contributed by atoms with Gasteiger partial charge in [0, 0.05) is 17.0 Å². The highest BCUT2D eigenvalue weighted by molar-refractivity contribution is 6.30. The number of hydrogen-bond acceptors (Lipinski definition) is 5. The van der Waals surface area contributed by atoms with Crippen LogP contribution in [-0.4, -0.2) is 31.8 Å². The number of carbonyl (C=O) groups excluding carboxylic acids is 2. The molecule has 0 aromatic heterocycles. The summed E-state index contributed by atoms with van der Waals surface area (Å²) in [4.78, 5) is 23.4. The molecule has 0 radical (unpaired) electrons. The van der Waals surface area contributed by atoms with Gasteiger partial charge in [-0.05, 0) is 31.0 Å². The first-order valence-electron chi connectivity index (χ1n) is 6.97. The second kappa shape index (κ2) is 7.31. The normalized spacial score (nSPS) is 17.4. The van der Waals surface area contributed by atoms with Gasteiger partial charge in [-0.1, -0.05) is 23.7 Å². The monoisotopic (exact) mass is 324 g/mol. The van der Waals surface area contributed by atoms with Crippen LogP contribution in [0, 0.1) is 0 Å². The third kappa shape index (κ3) is 3.60. The third-order valence-corrected chi connectivity index (χ3v) is 3.53. The molecule has 2 rings (SSSR count). The van der Waals surface area contributed by atoms with E-state index in [2.05, 4.69) is 0 Å². The summed E-state index contributed by atoms with van der Waals surface area (Å²) in [5.41, 5.74) is 1.41. The molecule has 0 spiro atoms. The van der Waals surface area contributed by atoms with Gasteiger partial charge in [0.1, 0.15) is 6.10 Å². The lowest BCUT2D eigenvalue weighted by Gasteiger charge is -2.13. The zero-order valence-electron chi connectivity index (χ0n) is 12.4. The Morgan fingerprint density at radius 3 is 2.59 bits per heavy atom. The molecular weight excluding hydrogens is 308 g/mol. The van der Waals surface area contributed by atoms with Crippen molar-refractivity contribution in [3.05, 3.63) is 40.6 Å². The van der Waals surface area contributed by atoms with Gasteiger partial charge in [-0.3, -0.25) is 4.79 Å². The Balaban J connectivity index is 2.22. The molecule has 0 fully saturated rings. The van der Waals surface area contributed by atoms with E-state index in [1.165, 1.54) is 7.11 Å². The van der Waals surface area contributed by atoms with E-state index >= 15 is 0 Å². The minimum Gasteiger partial charge on any atom is -0.490 e. The molecule has 1 aliphatic rings. The molecule has 5 nitrogen and oxygen atoms in total. The van der Waals surface area contributed by atoms with E-state index in [1.54, 1.807) is 31.2 Å². The molecule has 1 aliphatic heterocycles. The van der Waals surface area contributed by atoms with E-state index in [0.29, 0.717) is 23.6 Å². The SMILES string of the molecule is CCOC(=O)CCC1OC(=O)C(OC)=C1c1ccc(Cl)cc1. The Morgan fingerprint density at radius 2 is 2.00 bits per heavy atom. The first-order chi connectivity index (χ1) is 10.6. The van der Waals surface area contributed by atoms with Crippen LogP contribution in [0.5, 0.6) is 0 Å². The van der Waals surface area contributed by atoms with Crippen molar-refractivity contribution < 1.29 is 23.8 Å². The predicted octanol–water partition coefficient (Wildman–Crippen LogP) is 2.97. The second-order valence-electron chi connectivity index (χ2n) is 4.69. The fraction of sp³-hybridized carbons (Fsp3) is 0.375. The molecule has 1 aromatic rings. The lowest BCUT2D eigenvalue weighted by Crippen LogP contribution is -2.14. The minimum atomic E-state index is -0.534. The summed E-state index contributed by atoms with van der Waals surface area (Å²) in [6.07, 6.45) is -0.0250. The predicted molar refractivity (Wildman–Crippen MR) is 81.1 cm³/mol. The van der Waals surface area contributed by atoms with Gasteiger partial charge in [0.05, 0.1) is 13.7 Å². The summed E-state index contributed by atoms with van der Waals surface area (Å²) in [6, 6.07) is 7.02. The highest BCUT2D eigenvalue weighted by Crippen LogP contribution is 2.34. The lowest BCUT2D eigenvalue weighted by molar-refractivity contribution is -0.147. The summed E-state index contributed by atoms with van der Waals surface area (Å²) in [6.45, 7) is 2.07. The molecule has 118 valence electrons. The van der Waals surface area contributed by atoms with Crippen molar-refractivity contribution in [3.63, 3.8) is 0 Å². The summed E-state index contributed by atoms with van der Waals surface area (Å²) >= 11 is 5.88. The molecule has 6 heteroatoms. The third-order valence-electron chi connectivity index (χ3n) is 3.28. The molecule has 0 amide bonds. The number of carbonyl (C=O) groups is 2. The number of hydrogen-bond donors (Lipinski definition) is 0. The molecule has 0 bridgehead atoms. The average Bonchev–Trinajstić information content (AvgIpc) is 2.82. The van der Waals surface area contributed by atoms with Crippen LogP contribution in [-0.2, 0) is 23.8 Å². The van der Waals surface area contributed by atoms with Gasteiger partial charge in [-0.2, -0.15) is 0 Å². The molecule has 0 saturated carbocycles. The van der Waals surface area contributed by atoms with Crippen LogP contribution >= 0.6 is 11.6 Å². The Morgan fingerprint density at radius 1 is 1.32 bits per heavy atom. The first kappa shape index (κ1) is 16.4. The number of ether oxygens (including phenoxy) is 3. The molecular formula is C16H17ClO5. The Labute approximate surface area is 133 Å². The Bertz CT molecular complexity index is 591. The van der Waals surface area contributed by atoms with Crippen LogP contribution in [0.2, 0.25) is 5.02 Å². The smallest absolute Gasteiger partial charge is 0.374 e. The zero-order chi connectivity index (χ0) is 16.1. The summed E-state index contributed by atoms with van der Waals surface area (Å²) < 4.78 is 15.4. The van der Waals surface area contributed by atoms with Crippen LogP contribution in [0.25, 0.3) is 5.57 Å². The van der Waals surface area contributed by atoms with E-state index in [4.69, 9.17) is 25.8 Å². The molecule has 1 aromatic carbocycles. The molecule has 1 unspecified atom stereocenters. The number of methoxy groups -OCH3 is 1. The number of benzene rings is 1. The highest BCUT2D eigenvalue weighted by atomic mass is 35.5. The maximum absolute atomic E-state index is 11.9. The van der Waals surface area contributed by atoms with Crippen molar-refractivity contribution in [1.29, 1.82) is 0 Å². The van der Waals surface area contributed by atoms with E-state index < -0.39 is 12.1 Å². The maximum atomic E-state index is 11.9. The first-order valence-corrected chi connectivity index (χ1v) is 7.35. The van der Waals surface area contributed by atoms with Crippen molar-refractivity contribution in [3.8, 4) is 0 Å². The van der Waals surface area contributed by atoms with Crippen molar-refractivity contribution in [1.82, 2.24) is 0 Å². The van der Waals surface area contributed by atoms with Crippen LogP contribution in [0.15, 0.2) is 30.0 Å². The molecule has 0 aliphatic carbocycles. The fourth-order valence-electron chi connectivity index (χ4n) is 2.32. The summed E-state index contributed by atoms with van der Waals surface area (Å²) in [5, 5.41) is 0.594. The maximum Gasteiger partial charge on any atom is 0.374 e. The van der Waals surface area contributed by atoms with Crippen LogP contribution < -0.4 is 0 Å². The van der Waals surface area contributed by atoms with Crippen LogP contribution in [0.4, 0.5) is 0 Å². The van der Waals surface area contributed by atoms with Gasteiger partial charge in [0.2, 0.25) is 5.76 Å². The molecule has 1 heterocycles. The van der Waals surface area contributed by atoms with Gasteiger partial charge < -0.3 is 14.2 Å². The Kier molecular flexibility index (Phi) is 5.44. The zero-order valence-corrected chi connectivity index (χ0v) is 13.2. The van der Waals surface area contributed by atoms with E-state index in [9.17, 15) is 9.59 Å². The van der Waals surface area contributed by atoms with Gasteiger partial charge in [-0.25, -0.2) is 4.79 Å². The van der Waals surface area contributed by atoms with Crippen molar-refractivity contribution in [2.75, 3.05) is 13.7 Å². The summed E-state index contributed by atoms with van der Waals surface area (Å²) in [5.74, 6) is -0.683. The molecule has 0 saturated heterocycles. The average molecular weight is 325 g/mol. The van der Waals surface area contributed by atoms with Gasteiger partial charge in [0.15, 0.2) is 0 Å². The van der Waals surface area contributed by atoms with Gasteiger partial charge in [0.25, 0.3) is 0 Å². The topological polar surface area (TPSA) is 61.8 Å². The number of esters is 2. The van der Waals surface area contributed by atoms with Crippen LogP contribution in [0.3, 0.4) is 0 Å². The number of rotatable bonds is 6. The molecule has 1 atom stereocenters. The van der Waals surface area contributed by atoms with E-state index in [0.717, 1.165) is 5.56 Å². The number of cyclic esters (lactones) is 1. The quantitative estimate of drug-likeness (QED) is 0.753. The van der Waals surface area contributed by atoms with Crippen molar-refractivity contribution in [2.24, 2.45) is 0 Å². The Hall–Kier alpha value is -2.01. The summed E-state index contributed by atoms with van der Waals surface area (Å²) in [7, 11) is 1.42. The number of halogens is 1. The highest BCUT2D eigenvalue weighted by Gasteiger charge is 2.36. The van der Waals surface area contributed by atoms with Gasteiger partial charge >= 0.3 is 11.9 Å². The largest absolute Gasteiger partial charge is 0.490 e. The lowest BCUT2D eigenvalue weighted by atomic mass is 9.97. The van der Waals surface area contributed by atoms with Gasteiger partial charge in [-0.15, -0.1) is 0 Å². The standard InChI is InChI=1S/C16H17ClO5/c1-3-21-13(18)9-8-12-14(15(20-2)16(19)22-12)10-4-6-11(17)7-5-10/h4-7,12H,3,8-9H2,1-2H3. The van der Waals surface area contributed by atoms with Crippen molar-refractivity contribution >= 4 is 29.1 Å². The molecule has 22 heavy (non-hydrogen) atoms. The minimum absolute atomic E-state index is 0.163. The fourth-order valence-corrected chi connectivity index (χ4v) is 2.45. The van der Waals surface area contributed by atoms with E-state index in [1.807, 2.05) is 0 Å². The van der Waals surface area contributed by atoms with Crippen molar-refractivity contribution in [2.45, 2.75) is 25.9 Å². The van der Waals surface area contributed by atoms with E-state index in [-0.39, 0.29) is 18.1 Å². The van der Waals surface area contributed by atoms with Crippen LogP contribution in [0.1, 0.15) is 25.3 Å².